The molecule has 4 nitrogen and oxygen atoms in total. The van der Waals surface area contributed by atoms with Gasteiger partial charge in [-0.3, -0.25) is 10.1 Å². The van der Waals surface area contributed by atoms with E-state index in [1.165, 1.54) is 16.2 Å². The van der Waals surface area contributed by atoms with Crippen LogP contribution in [-0.4, -0.2) is 11.0 Å². The summed E-state index contributed by atoms with van der Waals surface area (Å²) in [5, 5.41) is 17.5. The molecule has 1 aromatic carbocycles. The second kappa shape index (κ2) is 7.80. The van der Waals surface area contributed by atoms with Crippen molar-refractivity contribution in [3.8, 4) is 6.07 Å². The molecule has 2 aromatic heterocycles. The molecule has 4 rings (SSSR count). The number of nitriles is 1. The van der Waals surface area contributed by atoms with Gasteiger partial charge in [0.2, 0.25) is 0 Å². The largest absolute Gasteiger partial charge is 0.323 e. The molecule has 0 radical (unpaired) electrons. The van der Waals surface area contributed by atoms with Gasteiger partial charge in [-0.05, 0) is 49.0 Å². The smallest absolute Gasteiger partial charge is 0.269 e. The van der Waals surface area contributed by atoms with E-state index in [4.69, 9.17) is 23.8 Å². The van der Waals surface area contributed by atoms with Gasteiger partial charge in [0, 0.05) is 15.0 Å². The SMILES string of the molecule is C[C@H]1CCc2c(sc(NC(=S)NC(=O)c3sc4ccccc4c3Cl)c2C#N)C1. The molecule has 0 fully saturated rings. The van der Waals surface area contributed by atoms with Crippen LogP contribution >= 0.6 is 46.5 Å². The fourth-order valence-electron chi connectivity index (χ4n) is 3.41. The van der Waals surface area contributed by atoms with Crippen LogP contribution in [0.25, 0.3) is 10.1 Å². The molecule has 8 heteroatoms. The van der Waals surface area contributed by atoms with Crippen LogP contribution in [0.15, 0.2) is 24.3 Å². The third-order valence-electron chi connectivity index (χ3n) is 4.82. The molecule has 1 aliphatic carbocycles. The first kappa shape index (κ1) is 19.3. The minimum absolute atomic E-state index is 0.168. The predicted molar refractivity (Wildman–Crippen MR) is 121 cm³/mol. The lowest BCUT2D eigenvalue weighted by molar-refractivity contribution is 0.0982. The third kappa shape index (κ3) is 3.53. The van der Waals surface area contributed by atoms with Crippen LogP contribution in [0.1, 0.15) is 39.0 Å². The van der Waals surface area contributed by atoms with E-state index in [2.05, 4.69) is 23.6 Å². The summed E-state index contributed by atoms with van der Waals surface area (Å²) in [6.45, 7) is 2.22. The van der Waals surface area contributed by atoms with Gasteiger partial charge in [0.15, 0.2) is 5.11 Å². The molecule has 0 unspecified atom stereocenters. The molecule has 0 spiro atoms. The Morgan fingerprint density at radius 2 is 2.14 bits per heavy atom. The highest BCUT2D eigenvalue weighted by atomic mass is 35.5. The summed E-state index contributed by atoms with van der Waals surface area (Å²) in [6.07, 6.45) is 2.98. The Balaban J connectivity index is 1.52. The van der Waals surface area contributed by atoms with Gasteiger partial charge < -0.3 is 5.32 Å². The van der Waals surface area contributed by atoms with Crippen LogP contribution in [0.3, 0.4) is 0 Å². The van der Waals surface area contributed by atoms with Crippen molar-refractivity contribution < 1.29 is 4.79 Å². The van der Waals surface area contributed by atoms with Gasteiger partial charge in [-0.25, -0.2) is 0 Å². The fraction of sp³-hybridized carbons (Fsp3) is 0.250. The standard InChI is InChI=1S/C20H16ClN3OS3/c1-10-6-7-11-13(9-22)19(28-15(11)8-10)24-20(26)23-18(25)17-16(21)12-4-2-3-5-14(12)27-17/h2-5,10H,6-8H2,1H3,(H2,23,24,25,26)/t10-/m0/s1. The predicted octanol–water partition coefficient (Wildman–Crippen LogP) is 5.74. The molecule has 2 N–H and O–H groups in total. The zero-order valence-electron chi connectivity index (χ0n) is 15.0. The van der Waals surface area contributed by atoms with Crippen molar-refractivity contribution in [2.75, 3.05) is 5.32 Å². The molecule has 0 saturated carbocycles. The van der Waals surface area contributed by atoms with Crippen LogP contribution in [0, 0.1) is 17.2 Å². The molecule has 0 saturated heterocycles. The Hall–Kier alpha value is -1.98. The highest BCUT2D eigenvalue weighted by Gasteiger charge is 2.25. The first-order valence-corrected chi connectivity index (χ1v) is 11.2. The first-order valence-electron chi connectivity index (χ1n) is 8.82. The Morgan fingerprint density at radius 1 is 1.36 bits per heavy atom. The van der Waals surface area contributed by atoms with E-state index in [9.17, 15) is 10.1 Å². The average Bonchev–Trinajstić information content (AvgIpc) is 3.18. The second-order valence-electron chi connectivity index (χ2n) is 6.82. The van der Waals surface area contributed by atoms with Crippen molar-refractivity contribution in [2.24, 2.45) is 5.92 Å². The lowest BCUT2D eigenvalue weighted by atomic mass is 9.89. The number of hydrogen-bond acceptors (Lipinski definition) is 5. The molecule has 1 atom stereocenters. The monoisotopic (exact) mass is 445 g/mol. The number of fused-ring (bicyclic) bond motifs is 2. The molecule has 0 aliphatic heterocycles. The average molecular weight is 446 g/mol. The first-order chi connectivity index (χ1) is 13.5. The van der Waals surface area contributed by atoms with Crippen molar-refractivity contribution in [2.45, 2.75) is 26.2 Å². The van der Waals surface area contributed by atoms with E-state index >= 15 is 0 Å². The van der Waals surface area contributed by atoms with Crippen LogP contribution < -0.4 is 10.6 Å². The minimum atomic E-state index is -0.350. The highest BCUT2D eigenvalue weighted by Crippen LogP contribution is 2.39. The van der Waals surface area contributed by atoms with Gasteiger partial charge in [-0.15, -0.1) is 22.7 Å². The minimum Gasteiger partial charge on any atom is -0.323 e. The number of anilines is 1. The van der Waals surface area contributed by atoms with Crippen molar-refractivity contribution in [3.63, 3.8) is 0 Å². The Bertz CT molecular complexity index is 1140. The van der Waals surface area contributed by atoms with Crippen LogP contribution in [-0.2, 0) is 12.8 Å². The van der Waals surface area contributed by atoms with E-state index in [0.717, 1.165) is 34.9 Å². The van der Waals surface area contributed by atoms with Crippen molar-refractivity contribution in [1.29, 1.82) is 5.26 Å². The number of hydrogen-bond donors (Lipinski definition) is 2. The molecule has 2 heterocycles. The van der Waals surface area contributed by atoms with Gasteiger partial charge in [-0.1, -0.05) is 36.7 Å². The number of carbonyl (C=O) groups excluding carboxylic acids is 1. The lowest BCUT2D eigenvalue weighted by Gasteiger charge is -2.17. The Morgan fingerprint density at radius 3 is 2.89 bits per heavy atom. The summed E-state index contributed by atoms with van der Waals surface area (Å²) in [5.74, 6) is 0.268. The van der Waals surface area contributed by atoms with Crippen LogP contribution in [0.2, 0.25) is 5.02 Å². The molecule has 28 heavy (non-hydrogen) atoms. The van der Waals surface area contributed by atoms with E-state index in [1.54, 1.807) is 11.3 Å². The number of amides is 1. The number of carbonyl (C=O) groups is 1. The molecule has 1 amide bonds. The fourth-order valence-corrected chi connectivity index (χ4v) is 6.45. The lowest BCUT2D eigenvalue weighted by Crippen LogP contribution is -2.33. The van der Waals surface area contributed by atoms with E-state index in [0.29, 0.717) is 26.4 Å². The molecular formula is C20H16ClN3OS3. The van der Waals surface area contributed by atoms with Crippen molar-refractivity contribution in [3.05, 3.63) is 50.2 Å². The zero-order chi connectivity index (χ0) is 19.8. The van der Waals surface area contributed by atoms with Crippen molar-refractivity contribution >= 4 is 72.6 Å². The summed E-state index contributed by atoms with van der Waals surface area (Å²) in [4.78, 5) is 14.3. The maximum atomic E-state index is 12.7. The van der Waals surface area contributed by atoms with Crippen LogP contribution in [0.5, 0.6) is 0 Å². The number of thiocarbonyl (C=S) groups is 1. The molecular weight excluding hydrogens is 430 g/mol. The van der Waals surface area contributed by atoms with Gasteiger partial charge in [0.1, 0.15) is 15.9 Å². The van der Waals surface area contributed by atoms with E-state index < -0.39 is 0 Å². The summed E-state index contributed by atoms with van der Waals surface area (Å²) in [7, 11) is 0. The van der Waals surface area contributed by atoms with E-state index in [-0.39, 0.29) is 11.0 Å². The molecule has 1 aliphatic rings. The number of nitrogens with one attached hydrogen (secondary N) is 2. The van der Waals surface area contributed by atoms with Gasteiger partial charge in [-0.2, -0.15) is 5.26 Å². The normalized spacial score (nSPS) is 15.7. The van der Waals surface area contributed by atoms with Gasteiger partial charge in [0.05, 0.1) is 10.6 Å². The summed E-state index contributed by atoms with van der Waals surface area (Å²) in [5.41, 5.74) is 1.76. The third-order valence-corrected chi connectivity index (χ3v) is 7.87. The number of benzene rings is 1. The topological polar surface area (TPSA) is 64.9 Å². The number of halogens is 1. The molecule has 3 aromatic rings. The van der Waals surface area contributed by atoms with Gasteiger partial charge >= 0.3 is 0 Å². The number of thiophene rings is 2. The Kier molecular flexibility index (Phi) is 5.39. The molecule has 142 valence electrons. The zero-order valence-corrected chi connectivity index (χ0v) is 18.2. The quantitative estimate of drug-likeness (QED) is 0.493. The number of nitrogens with zero attached hydrogens (tertiary/aromatic N) is 1. The maximum Gasteiger partial charge on any atom is 0.269 e. The maximum absolute atomic E-state index is 12.7. The molecule has 0 bridgehead atoms. The summed E-state index contributed by atoms with van der Waals surface area (Å²) < 4.78 is 0.948. The highest BCUT2D eigenvalue weighted by molar-refractivity contribution is 7.80. The Labute approximate surface area is 181 Å². The van der Waals surface area contributed by atoms with Crippen molar-refractivity contribution in [1.82, 2.24) is 5.32 Å². The summed E-state index contributed by atoms with van der Waals surface area (Å²) >= 11 is 14.6. The van der Waals surface area contributed by atoms with Gasteiger partial charge in [0.25, 0.3) is 5.91 Å². The van der Waals surface area contributed by atoms with E-state index in [1.807, 2.05) is 24.3 Å². The number of rotatable bonds is 2. The van der Waals surface area contributed by atoms with Crippen LogP contribution in [0.4, 0.5) is 5.00 Å². The second-order valence-corrected chi connectivity index (χ2v) is 9.76. The summed E-state index contributed by atoms with van der Waals surface area (Å²) in [6, 6.07) is 9.90.